The van der Waals surface area contributed by atoms with Crippen LogP contribution in [0.3, 0.4) is 0 Å². The maximum Gasteiger partial charge on any atom is 0.145 e. The number of pyridine rings is 1. The summed E-state index contributed by atoms with van der Waals surface area (Å²) in [6.07, 6.45) is 4.60. The lowest BCUT2D eigenvalue weighted by Crippen LogP contribution is -2.38. The summed E-state index contributed by atoms with van der Waals surface area (Å²) in [4.78, 5) is 6.94. The minimum Gasteiger partial charge on any atom is -0.456 e. The van der Waals surface area contributed by atoms with Crippen LogP contribution in [0.2, 0.25) is 0 Å². The monoisotopic (exact) mass is 321 g/mol. The molecule has 0 saturated carbocycles. The van der Waals surface area contributed by atoms with E-state index < -0.39 is 0 Å². The SMILES string of the molecule is CC1(CC#N)CCN(Cc2ccc(Oc3ccccc3)cn2)CC1. The number of benzene rings is 1. The van der Waals surface area contributed by atoms with Crippen LogP contribution in [0.5, 0.6) is 11.5 Å². The third-order valence-corrected chi connectivity index (χ3v) is 4.73. The fourth-order valence-electron chi connectivity index (χ4n) is 3.04. The molecule has 2 heterocycles. The predicted molar refractivity (Wildman–Crippen MR) is 93.6 cm³/mol. The highest BCUT2D eigenvalue weighted by atomic mass is 16.5. The zero-order chi connectivity index (χ0) is 16.8. The molecule has 0 aliphatic carbocycles. The average molecular weight is 321 g/mol. The van der Waals surface area contributed by atoms with Crippen LogP contribution in [0.1, 0.15) is 31.9 Å². The summed E-state index contributed by atoms with van der Waals surface area (Å²) in [5.41, 5.74) is 1.24. The number of para-hydroxylation sites is 1. The normalized spacial score (nSPS) is 17.2. The number of nitriles is 1. The molecule has 0 unspecified atom stereocenters. The molecule has 1 aliphatic heterocycles. The summed E-state index contributed by atoms with van der Waals surface area (Å²) in [5.74, 6) is 1.57. The van der Waals surface area contributed by atoms with Gasteiger partial charge >= 0.3 is 0 Å². The topological polar surface area (TPSA) is 49.2 Å². The predicted octanol–water partition coefficient (Wildman–Crippen LogP) is 4.39. The molecule has 124 valence electrons. The molecule has 0 bridgehead atoms. The van der Waals surface area contributed by atoms with Crippen molar-refractivity contribution in [1.82, 2.24) is 9.88 Å². The molecule has 1 aromatic heterocycles. The number of ether oxygens (including phenoxy) is 1. The molecule has 24 heavy (non-hydrogen) atoms. The van der Waals surface area contributed by atoms with Gasteiger partial charge in [0.1, 0.15) is 11.5 Å². The van der Waals surface area contributed by atoms with Gasteiger partial charge in [0.05, 0.1) is 18.0 Å². The van der Waals surface area contributed by atoms with Gasteiger partial charge in [0.15, 0.2) is 0 Å². The smallest absolute Gasteiger partial charge is 0.145 e. The summed E-state index contributed by atoms with van der Waals surface area (Å²) in [6, 6.07) is 16.1. The summed E-state index contributed by atoms with van der Waals surface area (Å²) in [7, 11) is 0. The molecule has 0 radical (unpaired) electrons. The molecule has 0 N–H and O–H groups in total. The largest absolute Gasteiger partial charge is 0.456 e. The first-order valence-electron chi connectivity index (χ1n) is 8.44. The van der Waals surface area contributed by atoms with Gasteiger partial charge in [-0.15, -0.1) is 0 Å². The van der Waals surface area contributed by atoms with E-state index in [9.17, 15) is 0 Å². The molecule has 2 aromatic rings. The Kier molecular flexibility index (Phi) is 5.12. The highest BCUT2D eigenvalue weighted by Crippen LogP contribution is 2.34. The number of rotatable bonds is 5. The highest BCUT2D eigenvalue weighted by Gasteiger charge is 2.29. The van der Waals surface area contributed by atoms with Crippen molar-refractivity contribution in [3.63, 3.8) is 0 Å². The highest BCUT2D eigenvalue weighted by molar-refractivity contribution is 5.29. The summed E-state index contributed by atoms with van der Waals surface area (Å²) >= 11 is 0. The molecular formula is C20H23N3O. The number of piperidine rings is 1. The Morgan fingerprint density at radius 1 is 1.12 bits per heavy atom. The molecule has 4 heteroatoms. The molecule has 0 spiro atoms. The molecule has 4 nitrogen and oxygen atoms in total. The van der Waals surface area contributed by atoms with Gasteiger partial charge < -0.3 is 4.74 Å². The second-order valence-electron chi connectivity index (χ2n) is 6.82. The van der Waals surface area contributed by atoms with Gasteiger partial charge in [0.25, 0.3) is 0 Å². The van der Waals surface area contributed by atoms with E-state index >= 15 is 0 Å². The zero-order valence-corrected chi connectivity index (χ0v) is 14.1. The van der Waals surface area contributed by atoms with Crippen LogP contribution in [0, 0.1) is 16.7 Å². The second kappa shape index (κ2) is 7.46. The Morgan fingerprint density at radius 3 is 2.50 bits per heavy atom. The number of nitrogens with zero attached hydrogens (tertiary/aromatic N) is 3. The number of hydrogen-bond acceptors (Lipinski definition) is 4. The first kappa shape index (κ1) is 16.5. The molecule has 1 aliphatic rings. The first-order chi connectivity index (χ1) is 11.7. The Balaban J connectivity index is 1.53. The third kappa shape index (κ3) is 4.33. The van der Waals surface area contributed by atoms with E-state index in [-0.39, 0.29) is 5.41 Å². The Labute approximate surface area is 143 Å². The van der Waals surface area contributed by atoms with E-state index in [0.717, 1.165) is 49.7 Å². The Bertz CT molecular complexity index is 683. The molecular weight excluding hydrogens is 298 g/mol. The van der Waals surface area contributed by atoms with E-state index in [1.54, 1.807) is 6.20 Å². The average Bonchev–Trinajstić information content (AvgIpc) is 2.60. The Morgan fingerprint density at radius 2 is 1.88 bits per heavy atom. The lowest BCUT2D eigenvalue weighted by molar-refractivity contribution is 0.115. The minimum absolute atomic E-state index is 0.187. The van der Waals surface area contributed by atoms with Gasteiger partial charge in [0, 0.05) is 13.0 Å². The van der Waals surface area contributed by atoms with Crippen molar-refractivity contribution in [2.75, 3.05) is 13.1 Å². The van der Waals surface area contributed by atoms with Crippen molar-refractivity contribution < 1.29 is 4.74 Å². The van der Waals surface area contributed by atoms with Crippen LogP contribution in [0.15, 0.2) is 48.7 Å². The molecule has 0 atom stereocenters. The van der Waals surface area contributed by atoms with Crippen LogP contribution >= 0.6 is 0 Å². The van der Waals surface area contributed by atoms with Gasteiger partial charge in [-0.2, -0.15) is 5.26 Å². The van der Waals surface area contributed by atoms with Crippen molar-refractivity contribution in [2.24, 2.45) is 5.41 Å². The van der Waals surface area contributed by atoms with Crippen LogP contribution in [-0.2, 0) is 6.54 Å². The van der Waals surface area contributed by atoms with Crippen molar-refractivity contribution in [2.45, 2.75) is 32.7 Å². The molecule has 1 saturated heterocycles. The van der Waals surface area contributed by atoms with Gasteiger partial charge in [-0.05, 0) is 55.6 Å². The maximum atomic E-state index is 8.93. The van der Waals surface area contributed by atoms with Gasteiger partial charge in [-0.25, -0.2) is 0 Å². The number of aromatic nitrogens is 1. The third-order valence-electron chi connectivity index (χ3n) is 4.73. The van der Waals surface area contributed by atoms with Crippen LogP contribution < -0.4 is 4.74 Å². The van der Waals surface area contributed by atoms with E-state index in [1.165, 1.54) is 0 Å². The van der Waals surface area contributed by atoms with E-state index in [2.05, 4.69) is 22.9 Å². The number of likely N-dealkylation sites (tertiary alicyclic amines) is 1. The second-order valence-corrected chi connectivity index (χ2v) is 6.82. The molecule has 1 fully saturated rings. The standard InChI is InChI=1S/C20H23N3O/c1-20(9-12-21)10-13-23(14-11-20)16-17-7-8-19(15-22-17)24-18-5-3-2-4-6-18/h2-8,15H,9-11,13-14,16H2,1H3. The van der Waals surface area contributed by atoms with Crippen molar-refractivity contribution in [3.05, 3.63) is 54.4 Å². The lowest BCUT2D eigenvalue weighted by Gasteiger charge is -2.37. The summed E-state index contributed by atoms with van der Waals surface area (Å²) in [5, 5.41) is 8.93. The van der Waals surface area contributed by atoms with Crippen LogP contribution in [0.4, 0.5) is 0 Å². The first-order valence-corrected chi connectivity index (χ1v) is 8.44. The molecule has 3 rings (SSSR count). The fraction of sp³-hybridized carbons (Fsp3) is 0.400. The van der Waals surface area contributed by atoms with E-state index in [0.29, 0.717) is 6.42 Å². The van der Waals surface area contributed by atoms with Crippen LogP contribution in [0.25, 0.3) is 0 Å². The number of hydrogen-bond donors (Lipinski definition) is 0. The zero-order valence-electron chi connectivity index (χ0n) is 14.1. The minimum atomic E-state index is 0.187. The van der Waals surface area contributed by atoms with Gasteiger partial charge in [-0.3, -0.25) is 9.88 Å². The Hall–Kier alpha value is -2.38. The van der Waals surface area contributed by atoms with E-state index in [1.807, 2.05) is 42.5 Å². The lowest BCUT2D eigenvalue weighted by atomic mass is 9.78. The summed E-state index contributed by atoms with van der Waals surface area (Å²) in [6.45, 7) is 5.14. The molecule has 1 aromatic carbocycles. The van der Waals surface area contributed by atoms with E-state index in [4.69, 9.17) is 10.00 Å². The van der Waals surface area contributed by atoms with Crippen molar-refractivity contribution >= 4 is 0 Å². The summed E-state index contributed by atoms with van der Waals surface area (Å²) < 4.78 is 5.77. The van der Waals surface area contributed by atoms with Gasteiger partial charge in [-0.1, -0.05) is 25.1 Å². The fourth-order valence-corrected chi connectivity index (χ4v) is 3.04. The quantitative estimate of drug-likeness (QED) is 0.819. The molecule has 0 amide bonds. The van der Waals surface area contributed by atoms with Crippen LogP contribution in [-0.4, -0.2) is 23.0 Å². The van der Waals surface area contributed by atoms with Crippen molar-refractivity contribution in [3.8, 4) is 17.6 Å². The van der Waals surface area contributed by atoms with Crippen molar-refractivity contribution in [1.29, 1.82) is 5.26 Å². The van der Waals surface area contributed by atoms with Gasteiger partial charge in [0.2, 0.25) is 0 Å². The maximum absolute atomic E-state index is 8.93.